The highest BCUT2D eigenvalue weighted by Crippen LogP contribution is 2.40. The average molecular weight is 294 g/mol. The number of phenolic OH excluding ortho intramolecular Hbond substituents is 2. The number of thioether (sulfide) groups is 1. The molecule has 5 nitrogen and oxygen atoms in total. The summed E-state index contributed by atoms with van der Waals surface area (Å²) in [7, 11) is 0. The number of hydrogen-bond donors (Lipinski definition) is 3. The van der Waals surface area contributed by atoms with Crippen molar-refractivity contribution < 1.29 is 10.2 Å². The summed E-state index contributed by atoms with van der Waals surface area (Å²) in [6.07, 6.45) is 2.98. The van der Waals surface area contributed by atoms with E-state index in [2.05, 4.69) is 10.2 Å². The van der Waals surface area contributed by atoms with Crippen molar-refractivity contribution in [2.75, 3.05) is 6.26 Å². The first-order valence-corrected chi connectivity index (χ1v) is 6.25. The quantitative estimate of drug-likeness (QED) is 0.444. The van der Waals surface area contributed by atoms with E-state index < -0.39 is 0 Å². The fourth-order valence-electron chi connectivity index (χ4n) is 0.904. The third-order valence-electron chi connectivity index (χ3n) is 1.76. The van der Waals surface area contributed by atoms with Crippen molar-refractivity contribution in [2.45, 2.75) is 0 Å². The zero-order valence-corrected chi connectivity index (χ0v) is 11.0. The molecule has 0 aliphatic carbocycles. The molecule has 0 radical (unpaired) electrons. The van der Waals surface area contributed by atoms with Crippen LogP contribution in [0.5, 0.6) is 11.5 Å². The Morgan fingerprint density at radius 1 is 1.41 bits per heavy atom. The van der Waals surface area contributed by atoms with Crippen LogP contribution >= 0.6 is 35.0 Å². The van der Waals surface area contributed by atoms with Gasteiger partial charge in [-0.3, -0.25) is 0 Å². The number of halogens is 2. The highest BCUT2D eigenvalue weighted by molar-refractivity contribution is 8.13. The number of nitrogens with two attached hydrogens (primary N) is 1. The van der Waals surface area contributed by atoms with Crippen LogP contribution in [0.15, 0.2) is 16.3 Å². The molecule has 0 heterocycles. The second-order valence-corrected chi connectivity index (χ2v) is 4.46. The summed E-state index contributed by atoms with van der Waals surface area (Å²) >= 11 is 12.6. The number of hydrogen-bond acceptors (Lipinski definition) is 5. The predicted octanol–water partition coefficient (Wildman–Crippen LogP) is 2.42. The topological polar surface area (TPSA) is 91.2 Å². The molecule has 1 rings (SSSR count). The number of amidine groups is 1. The smallest absolute Gasteiger partial charge is 0.180 e. The molecule has 0 fully saturated rings. The van der Waals surface area contributed by atoms with Crippen LogP contribution in [0.25, 0.3) is 0 Å². The van der Waals surface area contributed by atoms with E-state index in [1.54, 1.807) is 6.26 Å². The molecular weight excluding hydrogens is 285 g/mol. The lowest BCUT2D eigenvalue weighted by molar-refractivity contribution is 0.450. The predicted molar refractivity (Wildman–Crippen MR) is 72.5 cm³/mol. The Bertz CT molecular complexity index is 492. The maximum atomic E-state index is 9.60. The molecule has 0 aromatic heterocycles. The third kappa shape index (κ3) is 3.42. The minimum atomic E-state index is -0.380. The molecule has 0 saturated heterocycles. The summed E-state index contributed by atoms with van der Waals surface area (Å²) in [6.45, 7) is 0. The fraction of sp³-hybridized carbons (Fsp3) is 0.111. The highest BCUT2D eigenvalue weighted by Gasteiger charge is 2.13. The minimum Gasteiger partial charge on any atom is -0.506 e. The average Bonchev–Trinajstić information content (AvgIpc) is 2.32. The van der Waals surface area contributed by atoms with E-state index in [4.69, 9.17) is 28.9 Å². The first kappa shape index (κ1) is 14.0. The molecule has 0 spiro atoms. The number of nitrogens with zero attached hydrogens (tertiary/aromatic N) is 2. The van der Waals surface area contributed by atoms with Gasteiger partial charge in [-0.15, -0.1) is 5.10 Å². The normalized spacial score (nSPS) is 12.3. The van der Waals surface area contributed by atoms with Gasteiger partial charge in [0.1, 0.15) is 10.8 Å². The lowest BCUT2D eigenvalue weighted by Gasteiger charge is -2.04. The standard InChI is InChI=1S/C9H9Cl2N3O2S/c1-17-9(12)14-13-3-4-2-5(10)8(16)6(11)7(4)15/h2-3,15-16H,1H3,(H2,12,14)/b13-3-. The SMILES string of the molecule is CS/C(N)=N/N=C\c1cc(Cl)c(O)c(Cl)c1O. The van der Waals surface area contributed by atoms with Crippen molar-refractivity contribution in [3.05, 3.63) is 21.7 Å². The summed E-state index contributed by atoms with van der Waals surface area (Å²) in [4.78, 5) is 0. The van der Waals surface area contributed by atoms with Gasteiger partial charge in [0, 0.05) is 5.56 Å². The summed E-state index contributed by atoms with van der Waals surface area (Å²) < 4.78 is 0. The lowest BCUT2D eigenvalue weighted by atomic mass is 10.2. The molecule has 0 unspecified atom stereocenters. The van der Waals surface area contributed by atoms with Gasteiger partial charge < -0.3 is 15.9 Å². The van der Waals surface area contributed by atoms with E-state index in [0.29, 0.717) is 0 Å². The van der Waals surface area contributed by atoms with E-state index >= 15 is 0 Å². The van der Waals surface area contributed by atoms with Gasteiger partial charge in [0.2, 0.25) is 0 Å². The third-order valence-corrected chi connectivity index (χ3v) is 2.91. The van der Waals surface area contributed by atoms with Crippen LogP contribution in [0.2, 0.25) is 10.0 Å². The molecular formula is C9H9Cl2N3O2S. The van der Waals surface area contributed by atoms with Crippen LogP contribution in [-0.2, 0) is 0 Å². The van der Waals surface area contributed by atoms with Crippen LogP contribution < -0.4 is 5.73 Å². The van der Waals surface area contributed by atoms with Crippen molar-refractivity contribution in [1.82, 2.24) is 0 Å². The van der Waals surface area contributed by atoms with Crippen LogP contribution in [0.3, 0.4) is 0 Å². The van der Waals surface area contributed by atoms with Crippen molar-refractivity contribution in [2.24, 2.45) is 15.9 Å². The van der Waals surface area contributed by atoms with Crippen molar-refractivity contribution in [3.63, 3.8) is 0 Å². The zero-order valence-electron chi connectivity index (χ0n) is 8.69. The van der Waals surface area contributed by atoms with Gasteiger partial charge in [0.15, 0.2) is 10.9 Å². The van der Waals surface area contributed by atoms with E-state index in [-0.39, 0.29) is 32.3 Å². The van der Waals surface area contributed by atoms with Gasteiger partial charge >= 0.3 is 0 Å². The second-order valence-electron chi connectivity index (χ2n) is 2.85. The summed E-state index contributed by atoms with van der Waals surface area (Å²) in [5.41, 5.74) is 5.64. The molecule has 1 aromatic rings. The molecule has 17 heavy (non-hydrogen) atoms. The Balaban J connectivity index is 3.08. The molecule has 8 heteroatoms. The maximum absolute atomic E-state index is 9.60. The van der Waals surface area contributed by atoms with Gasteiger partial charge in [-0.1, -0.05) is 35.0 Å². The molecule has 0 bridgehead atoms. The summed E-state index contributed by atoms with van der Waals surface area (Å²) in [6, 6.07) is 1.31. The Morgan fingerprint density at radius 3 is 2.65 bits per heavy atom. The lowest BCUT2D eigenvalue weighted by Crippen LogP contribution is -2.03. The Morgan fingerprint density at radius 2 is 2.06 bits per heavy atom. The number of phenols is 2. The van der Waals surface area contributed by atoms with Gasteiger partial charge in [-0.2, -0.15) is 5.10 Å². The van der Waals surface area contributed by atoms with Crippen molar-refractivity contribution in [1.29, 1.82) is 0 Å². The Hall–Kier alpha value is -1.11. The van der Waals surface area contributed by atoms with Crippen molar-refractivity contribution >= 4 is 46.3 Å². The van der Waals surface area contributed by atoms with Crippen LogP contribution in [-0.4, -0.2) is 27.9 Å². The van der Waals surface area contributed by atoms with Gasteiger partial charge in [0.25, 0.3) is 0 Å². The maximum Gasteiger partial charge on any atom is 0.180 e. The Labute approximate surface area is 112 Å². The number of aromatic hydroxyl groups is 2. The monoisotopic (exact) mass is 293 g/mol. The fourth-order valence-corrected chi connectivity index (χ4v) is 1.50. The van der Waals surface area contributed by atoms with Crippen LogP contribution in [0.4, 0.5) is 0 Å². The van der Waals surface area contributed by atoms with E-state index in [0.717, 1.165) is 0 Å². The molecule has 4 N–H and O–H groups in total. The largest absolute Gasteiger partial charge is 0.506 e. The van der Waals surface area contributed by atoms with Crippen LogP contribution in [0, 0.1) is 0 Å². The van der Waals surface area contributed by atoms with Crippen LogP contribution in [0.1, 0.15) is 5.56 Å². The van der Waals surface area contributed by atoms with Gasteiger partial charge in [-0.05, 0) is 12.3 Å². The molecule has 0 atom stereocenters. The van der Waals surface area contributed by atoms with Crippen molar-refractivity contribution in [3.8, 4) is 11.5 Å². The van der Waals surface area contributed by atoms with E-state index in [9.17, 15) is 10.2 Å². The molecule has 0 amide bonds. The summed E-state index contributed by atoms with van der Waals surface area (Å²) in [5, 5.41) is 26.3. The summed E-state index contributed by atoms with van der Waals surface area (Å²) in [5.74, 6) is -0.703. The number of benzene rings is 1. The van der Waals surface area contributed by atoms with Gasteiger partial charge in [-0.25, -0.2) is 0 Å². The second kappa shape index (κ2) is 6.00. The molecule has 92 valence electrons. The zero-order chi connectivity index (χ0) is 13.0. The number of rotatable bonds is 2. The highest BCUT2D eigenvalue weighted by atomic mass is 35.5. The first-order valence-electron chi connectivity index (χ1n) is 4.27. The molecule has 1 aromatic carbocycles. The first-order chi connectivity index (χ1) is 7.97. The van der Waals surface area contributed by atoms with E-state index in [1.165, 1.54) is 24.0 Å². The van der Waals surface area contributed by atoms with E-state index in [1.807, 2.05) is 0 Å². The minimum absolute atomic E-state index is 0.0102. The molecule has 0 aliphatic heterocycles. The molecule has 0 saturated carbocycles. The Kier molecular flexibility index (Phi) is 4.92. The van der Waals surface area contributed by atoms with Gasteiger partial charge in [0.05, 0.1) is 11.2 Å². The molecule has 0 aliphatic rings.